The monoisotopic (exact) mass is 234 g/mol. The van der Waals surface area contributed by atoms with Crippen LogP contribution in [0.3, 0.4) is 0 Å². The van der Waals surface area contributed by atoms with Crippen LogP contribution in [0.4, 0.5) is 11.6 Å². The van der Waals surface area contributed by atoms with Crippen molar-refractivity contribution in [1.82, 2.24) is 10.2 Å². The molecule has 0 aliphatic heterocycles. The average Bonchev–Trinajstić information content (AvgIpc) is 2.82. The second kappa shape index (κ2) is 4.94. The highest BCUT2D eigenvalue weighted by molar-refractivity contribution is 7.10. The highest BCUT2D eigenvalue weighted by Crippen LogP contribution is 2.25. The van der Waals surface area contributed by atoms with Crippen molar-refractivity contribution < 1.29 is 0 Å². The number of anilines is 2. The Morgan fingerprint density at radius 2 is 2.25 bits per heavy atom. The van der Waals surface area contributed by atoms with Gasteiger partial charge < -0.3 is 11.1 Å². The van der Waals surface area contributed by atoms with Crippen LogP contribution < -0.4 is 11.1 Å². The molecule has 2 rings (SSSR count). The number of nitrogens with two attached hydrogens (primary N) is 1. The zero-order valence-electron chi connectivity index (χ0n) is 9.05. The Hall–Kier alpha value is -1.62. The van der Waals surface area contributed by atoms with Crippen molar-refractivity contribution in [3.63, 3.8) is 0 Å². The summed E-state index contributed by atoms with van der Waals surface area (Å²) >= 11 is 1.74. The molecule has 16 heavy (non-hydrogen) atoms. The first-order chi connectivity index (χ1) is 7.79. The van der Waals surface area contributed by atoms with Gasteiger partial charge in [0.2, 0.25) is 0 Å². The molecule has 0 radical (unpaired) electrons. The van der Waals surface area contributed by atoms with Gasteiger partial charge in [-0.1, -0.05) is 13.0 Å². The van der Waals surface area contributed by atoms with Gasteiger partial charge in [0, 0.05) is 4.88 Å². The van der Waals surface area contributed by atoms with Gasteiger partial charge >= 0.3 is 0 Å². The molecular weight excluding hydrogens is 220 g/mol. The topological polar surface area (TPSA) is 63.8 Å². The van der Waals surface area contributed by atoms with Gasteiger partial charge in [-0.3, -0.25) is 0 Å². The summed E-state index contributed by atoms with van der Waals surface area (Å²) in [5.74, 6) is 1.20. The third-order valence-corrected chi connectivity index (χ3v) is 3.29. The van der Waals surface area contributed by atoms with E-state index in [-0.39, 0.29) is 6.04 Å². The Morgan fingerprint density at radius 1 is 1.38 bits per heavy atom. The van der Waals surface area contributed by atoms with E-state index in [4.69, 9.17) is 5.73 Å². The van der Waals surface area contributed by atoms with Gasteiger partial charge in [-0.05, 0) is 30.0 Å². The quantitative estimate of drug-likeness (QED) is 0.853. The van der Waals surface area contributed by atoms with Gasteiger partial charge in [0.15, 0.2) is 0 Å². The van der Waals surface area contributed by atoms with E-state index in [0.29, 0.717) is 5.82 Å². The lowest BCUT2D eigenvalue weighted by Crippen LogP contribution is -2.10. The molecule has 0 amide bonds. The summed E-state index contributed by atoms with van der Waals surface area (Å²) in [5.41, 5.74) is 5.49. The molecule has 0 saturated heterocycles. The van der Waals surface area contributed by atoms with Crippen LogP contribution in [0.1, 0.15) is 24.3 Å². The van der Waals surface area contributed by atoms with Crippen molar-refractivity contribution in [2.24, 2.45) is 0 Å². The molecule has 1 unspecified atom stereocenters. The van der Waals surface area contributed by atoms with E-state index < -0.39 is 0 Å². The molecular formula is C11H14N4S. The number of aromatic nitrogens is 2. The molecule has 0 bridgehead atoms. The van der Waals surface area contributed by atoms with E-state index in [1.165, 1.54) is 4.88 Å². The fraction of sp³-hybridized carbons (Fsp3) is 0.273. The number of rotatable bonds is 4. The fourth-order valence-corrected chi connectivity index (χ4v) is 2.32. The van der Waals surface area contributed by atoms with E-state index in [1.807, 2.05) is 6.07 Å². The van der Waals surface area contributed by atoms with Crippen LogP contribution in [0, 0.1) is 0 Å². The van der Waals surface area contributed by atoms with Gasteiger partial charge in [0.25, 0.3) is 0 Å². The van der Waals surface area contributed by atoms with Crippen LogP contribution >= 0.6 is 11.3 Å². The minimum atomic E-state index is 0.290. The third kappa shape index (κ3) is 2.49. The van der Waals surface area contributed by atoms with Crippen molar-refractivity contribution in [2.75, 3.05) is 11.1 Å². The van der Waals surface area contributed by atoms with Crippen LogP contribution in [0.25, 0.3) is 0 Å². The van der Waals surface area contributed by atoms with Crippen LogP contribution in [0.5, 0.6) is 0 Å². The van der Waals surface area contributed by atoms with E-state index in [2.05, 4.69) is 40.0 Å². The summed E-state index contributed by atoms with van der Waals surface area (Å²) in [7, 11) is 0. The zero-order chi connectivity index (χ0) is 11.4. The van der Waals surface area contributed by atoms with Crippen molar-refractivity contribution in [3.05, 3.63) is 34.5 Å². The predicted octanol–water partition coefficient (Wildman–Crippen LogP) is 2.68. The number of hydrogen-bond acceptors (Lipinski definition) is 5. The minimum absolute atomic E-state index is 0.290. The second-order valence-electron chi connectivity index (χ2n) is 3.46. The van der Waals surface area contributed by atoms with Crippen LogP contribution in [0.15, 0.2) is 29.6 Å². The molecule has 0 fully saturated rings. The predicted molar refractivity (Wildman–Crippen MR) is 67.4 cm³/mol. The number of nitrogens with zero attached hydrogens (tertiary/aromatic N) is 2. The van der Waals surface area contributed by atoms with E-state index in [9.17, 15) is 0 Å². The fourth-order valence-electron chi connectivity index (χ4n) is 1.46. The molecule has 5 heteroatoms. The average molecular weight is 234 g/mol. The third-order valence-electron chi connectivity index (χ3n) is 2.30. The summed E-state index contributed by atoms with van der Waals surface area (Å²) < 4.78 is 0. The normalized spacial score (nSPS) is 12.3. The number of nitrogen functional groups attached to an aromatic ring is 1. The summed E-state index contributed by atoms with van der Waals surface area (Å²) in [6, 6.07) is 8.06. The first kappa shape index (κ1) is 10.9. The van der Waals surface area contributed by atoms with E-state index in [1.54, 1.807) is 17.4 Å². The lowest BCUT2D eigenvalue weighted by atomic mass is 10.2. The van der Waals surface area contributed by atoms with Gasteiger partial charge in [0.05, 0.1) is 6.04 Å². The summed E-state index contributed by atoms with van der Waals surface area (Å²) in [6.45, 7) is 2.14. The van der Waals surface area contributed by atoms with Crippen molar-refractivity contribution in [2.45, 2.75) is 19.4 Å². The van der Waals surface area contributed by atoms with Crippen molar-refractivity contribution in [1.29, 1.82) is 0 Å². The molecule has 0 aliphatic rings. The van der Waals surface area contributed by atoms with Gasteiger partial charge in [-0.15, -0.1) is 21.5 Å². The summed E-state index contributed by atoms with van der Waals surface area (Å²) in [5, 5.41) is 13.2. The van der Waals surface area contributed by atoms with E-state index >= 15 is 0 Å². The molecule has 84 valence electrons. The first-order valence-electron chi connectivity index (χ1n) is 5.18. The minimum Gasteiger partial charge on any atom is -0.382 e. The maximum Gasteiger partial charge on any atom is 0.149 e. The summed E-state index contributed by atoms with van der Waals surface area (Å²) in [6.07, 6.45) is 1.01. The lowest BCUT2D eigenvalue weighted by Gasteiger charge is -2.15. The Bertz CT molecular complexity index is 424. The molecule has 2 aromatic rings. The number of thiophene rings is 1. The number of hydrogen-bond donors (Lipinski definition) is 2. The molecule has 2 heterocycles. The summed E-state index contributed by atoms with van der Waals surface area (Å²) in [4.78, 5) is 1.31. The Labute approximate surface area is 98.5 Å². The standard InChI is InChI=1S/C11H14N4S/c1-2-8(9-4-3-7-16-9)13-11-6-5-10(12)14-15-11/h3-8H,2H2,1H3,(H2,12,14)(H,13,15). The number of nitrogens with one attached hydrogen (secondary N) is 1. The molecule has 0 spiro atoms. The molecule has 0 aliphatic carbocycles. The molecule has 1 atom stereocenters. The maximum atomic E-state index is 5.49. The lowest BCUT2D eigenvalue weighted by molar-refractivity contribution is 0.754. The Morgan fingerprint density at radius 3 is 2.81 bits per heavy atom. The second-order valence-corrected chi connectivity index (χ2v) is 4.44. The van der Waals surface area contributed by atoms with Gasteiger partial charge in [-0.25, -0.2) is 0 Å². The first-order valence-corrected chi connectivity index (χ1v) is 6.06. The van der Waals surface area contributed by atoms with E-state index in [0.717, 1.165) is 12.2 Å². The van der Waals surface area contributed by atoms with Crippen LogP contribution in [-0.4, -0.2) is 10.2 Å². The van der Waals surface area contributed by atoms with Crippen LogP contribution in [0.2, 0.25) is 0 Å². The Balaban J connectivity index is 2.10. The van der Waals surface area contributed by atoms with Crippen LogP contribution in [-0.2, 0) is 0 Å². The van der Waals surface area contributed by atoms with Gasteiger partial charge in [0.1, 0.15) is 11.6 Å². The highest BCUT2D eigenvalue weighted by atomic mass is 32.1. The zero-order valence-corrected chi connectivity index (χ0v) is 9.87. The maximum absolute atomic E-state index is 5.49. The smallest absolute Gasteiger partial charge is 0.149 e. The molecule has 2 aromatic heterocycles. The molecule has 0 saturated carbocycles. The SMILES string of the molecule is CCC(Nc1ccc(N)nn1)c1cccs1. The highest BCUT2D eigenvalue weighted by Gasteiger charge is 2.10. The Kier molecular flexibility index (Phi) is 3.36. The van der Waals surface area contributed by atoms with Gasteiger partial charge in [-0.2, -0.15) is 0 Å². The van der Waals surface area contributed by atoms with Crippen molar-refractivity contribution >= 4 is 23.0 Å². The molecule has 0 aromatic carbocycles. The molecule has 3 N–H and O–H groups in total. The van der Waals surface area contributed by atoms with Crippen molar-refractivity contribution in [3.8, 4) is 0 Å². The largest absolute Gasteiger partial charge is 0.382 e. The molecule has 4 nitrogen and oxygen atoms in total.